The lowest BCUT2D eigenvalue weighted by Crippen LogP contribution is -2.52. The van der Waals surface area contributed by atoms with Crippen LogP contribution in [0.2, 0.25) is 0 Å². The molecule has 1 heterocycles. The van der Waals surface area contributed by atoms with Crippen molar-refractivity contribution in [3.8, 4) is 0 Å². The van der Waals surface area contributed by atoms with Crippen LogP contribution >= 0.6 is 0 Å². The van der Waals surface area contributed by atoms with Crippen molar-refractivity contribution in [2.75, 3.05) is 19.6 Å². The smallest absolute Gasteiger partial charge is 0.219 e. The molecule has 0 aromatic carbocycles. The van der Waals surface area contributed by atoms with E-state index in [1.165, 1.54) is 44.9 Å². The van der Waals surface area contributed by atoms with Crippen LogP contribution in [-0.2, 0) is 4.79 Å². The zero-order chi connectivity index (χ0) is 16.2. The molecule has 0 aromatic heterocycles. The number of carbonyl (C=O) groups is 1. The number of aliphatic hydroxyl groups is 1. The molecule has 1 saturated heterocycles. The van der Waals surface area contributed by atoms with Gasteiger partial charge in [-0.1, -0.05) is 19.3 Å². The summed E-state index contributed by atoms with van der Waals surface area (Å²) in [7, 11) is 0. The van der Waals surface area contributed by atoms with Crippen LogP contribution in [-0.4, -0.2) is 47.7 Å². The van der Waals surface area contributed by atoms with Crippen molar-refractivity contribution in [1.29, 1.82) is 0 Å². The van der Waals surface area contributed by atoms with Crippen LogP contribution < -0.4 is 5.32 Å². The van der Waals surface area contributed by atoms with Gasteiger partial charge in [0.15, 0.2) is 0 Å². The van der Waals surface area contributed by atoms with Crippen LogP contribution in [0.1, 0.15) is 64.7 Å². The number of amides is 1. The number of hydrogen-bond donors (Lipinski definition) is 2. The Morgan fingerprint density at radius 2 is 1.87 bits per heavy atom. The summed E-state index contributed by atoms with van der Waals surface area (Å²) in [6, 6.07) is 0.408. The molecule has 3 rings (SSSR count). The minimum Gasteiger partial charge on any atom is -0.393 e. The number of aliphatic hydroxyl groups excluding tert-OH is 1. The van der Waals surface area contributed by atoms with Gasteiger partial charge in [0.05, 0.1) is 6.10 Å². The summed E-state index contributed by atoms with van der Waals surface area (Å²) in [5.74, 6) is 2.00. The van der Waals surface area contributed by atoms with Crippen LogP contribution in [0.5, 0.6) is 0 Å². The van der Waals surface area contributed by atoms with Crippen LogP contribution in [0.4, 0.5) is 0 Å². The molecule has 2 aliphatic carbocycles. The quantitative estimate of drug-likeness (QED) is 0.790. The Morgan fingerprint density at radius 1 is 1.13 bits per heavy atom. The van der Waals surface area contributed by atoms with Gasteiger partial charge in [0, 0.05) is 26.1 Å². The Kier molecular flexibility index (Phi) is 5.97. The lowest BCUT2D eigenvalue weighted by molar-refractivity contribution is -0.131. The van der Waals surface area contributed by atoms with Gasteiger partial charge in [-0.05, 0) is 62.8 Å². The second kappa shape index (κ2) is 7.98. The van der Waals surface area contributed by atoms with E-state index in [4.69, 9.17) is 0 Å². The molecule has 1 amide bonds. The van der Waals surface area contributed by atoms with Crippen molar-refractivity contribution in [3.63, 3.8) is 0 Å². The topological polar surface area (TPSA) is 52.6 Å². The third kappa shape index (κ3) is 5.18. The Bertz CT molecular complexity index is 391. The summed E-state index contributed by atoms with van der Waals surface area (Å²) in [4.78, 5) is 13.9. The molecular formula is C19H34N2O2. The Balaban J connectivity index is 1.49. The summed E-state index contributed by atoms with van der Waals surface area (Å²) in [6.45, 7) is 4.46. The van der Waals surface area contributed by atoms with Gasteiger partial charge in [0.1, 0.15) is 0 Å². The maximum Gasteiger partial charge on any atom is 0.219 e. The fraction of sp³-hybridized carbons (Fsp3) is 0.947. The van der Waals surface area contributed by atoms with Gasteiger partial charge < -0.3 is 15.3 Å². The molecule has 23 heavy (non-hydrogen) atoms. The Morgan fingerprint density at radius 3 is 2.52 bits per heavy atom. The van der Waals surface area contributed by atoms with E-state index in [0.29, 0.717) is 17.9 Å². The van der Waals surface area contributed by atoms with E-state index in [1.807, 2.05) is 4.90 Å². The highest BCUT2D eigenvalue weighted by molar-refractivity contribution is 5.73. The monoisotopic (exact) mass is 322 g/mol. The van der Waals surface area contributed by atoms with E-state index in [9.17, 15) is 9.90 Å². The Labute approximate surface area is 141 Å². The molecule has 0 spiro atoms. The number of rotatable bonds is 6. The van der Waals surface area contributed by atoms with Gasteiger partial charge in [-0.25, -0.2) is 0 Å². The van der Waals surface area contributed by atoms with E-state index in [1.54, 1.807) is 6.92 Å². The molecule has 0 aromatic rings. The fourth-order valence-corrected chi connectivity index (χ4v) is 4.52. The molecule has 2 saturated carbocycles. The first-order chi connectivity index (χ1) is 11.1. The summed E-state index contributed by atoms with van der Waals surface area (Å²) in [5.41, 5.74) is 0. The number of likely N-dealkylation sites (tertiary alicyclic amines) is 1. The summed E-state index contributed by atoms with van der Waals surface area (Å²) < 4.78 is 0. The SMILES string of the molecule is CC(=O)N1CC(CC(O)C2CC2)CC(NCC2CCCCC2)C1. The zero-order valence-electron chi connectivity index (χ0n) is 14.7. The molecular weight excluding hydrogens is 288 g/mol. The first-order valence-electron chi connectivity index (χ1n) is 9.78. The highest BCUT2D eigenvalue weighted by Crippen LogP contribution is 2.36. The number of nitrogens with one attached hydrogen (secondary N) is 1. The minimum atomic E-state index is -0.147. The number of piperidine rings is 1. The fourth-order valence-electron chi connectivity index (χ4n) is 4.52. The molecule has 0 radical (unpaired) electrons. The van der Waals surface area contributed by atoms with Crippen molar-refractivity contribution in [2.45, 2.75) is 76.9 Å². The first kappa shape index (κ1) is 17.2. The molecule has 3 fully saturated rings. The number of nitrogens with zero attached hydrogens (tertiary/aromatic N) is 1. The van der Waals surface area contributed by atoms with Crippen molar-refractivity contribution < 1.29 is 9.90 Å². The molecule has 4 nitrogen and oxygen atoms in total. The third-order valence-corrected chi connectivity index (χ3v) is 6.14. The highest BCUT2D eigenvalue weighted by atomic mass is 16.3. The summed E-state index contributed by atoms with van der Waals surface area (Å²) in [6.07, 6.45) is 11.1. The molecule has 3 atom stereocenters. The molecule has 132 valence electrons. The highest BCUT2D eigenvalue weighted by Gasteiger charge is 2.35. The zero-order valence-corrected chi connectivity index (χ0v) is 14.7. The molecule has 3 unspecified atom stereocenters. The molecule has 3 aliphatic rings. The second-order valence-electron chi connectivity index (χ2n) is 8.28. The van der Waals surface area contributed by atoms with Gasteiger partial charge in [-0.3, -0.25) is 4.79 Å². The minimum absolute atomic E-state index is 0.147. The van der Waals surface area contributed by atoms with Crippen LogP contribution in [0.3, 0.4) is 0 Å². The third-order valence-electron chi connectivity index (χ3n) is 6.14. The normalized spacial score (nSPS) is 31.1. The Hall–Kier alpha value is -0.610. The van der Waals surface area contributed by atoms with E-state index in [2.05, 4.69) is 5.32 Å². The standard InChI is InChI=1S/C19H34N2O2/c1-14(22)21-12-16(10-19(23)17-7-8-17)9-18(13-21)20-11-15-5-3-2-4-6-15/h15-20,23H,2-13H2,1H3. The van der Waals surface area contributed by atoms with Crippen molar-refractivity contribution in [3.05, 3.63) is 0 Å². The van der Waals surface area contributed by atoms with Crippen molar-refractivity contribution >= 4 is 5.91 Å². The first-order valence-corrected chi connectivity index (χ1v) is 9.78. The summed E-state index contributed by atoms with van der Waals surface area (Å²) >= 11 is 0. The number of hydrogen-bond acceptors (Lipinski definition) is 3. The van der Waals surface area contributed by atoms with E-state index < -0.39 is 0 Å². The second-order valence-corrected chi connectivity index (χ2v) is 8.28. The lowest BCUT2D eigenvalue weighted by atomic mass is 9.86. The van der Waals surface area contributed by atoms with E-state index in [0.717, 1.165) is 38.4 Å². The van der Waals surface area contributed by atoms with Crippen LogP contribution in [0.25, 0.3) is 0 Å². The van der Waals surface area contributed by atoms with E-state index in [-0.39, 0.29) is 12.0 Å². The van der Waals surface area contributed by atoms with Gasteiger partial charge >= 0.3 is 0 Å². The van der Waals surface area contributed by atoms with Crippen LogP contribution in [0, 0.1) is 17.8 Å². The van der Waals surface area contributed by atoms with E-state index >= 15 is 0 Å². The molecule has 1 aliphatic heterocycles. The average molecular weight is 322 g/mol. The van der Waals surface area contributed by atoms with Crippen LogP contribution in [0.15, 0.2) is 0 Å². The lowest BCUT2D eigenvalue weighted by Gasteiger charge is -2.39. The largest absolute Gasteiger partial charge is 0.393 e. The average Bonchev–Trinajstić information content (AvgIpc) is 3.38. The molecule has 0 bridgehead atoms. The van der Waals surface area contributed by atoms with Gasteiger partial charge in [0.2, 0.25) is 5.91 Å². The maximum atomic E-state index is 11.9. The maximum absolute atomic E-state index is 11.9. The van der Waals surface area contributed by atoms with Crippen molar-refractivity contribution in [2.24, 2.45) is 17.8 Å². The predicted molar refractivity (Wildman–Crippen MR) is 92.1 cm³/mol. The van der Waals surface area contributed by atoms with Gasteiger partial charge in [0.25, 0.3) is 0 Å². The van der Waals surface area contributed by atoms with Gasteiger partial charge in [-0.2, -0.15) is 0 Å². The molecule has 2 N–H and O–H groups in total. The molecule has 4 heteroatoms. The van der Waals surface area contributed by atoms with Gasteiger partial charge in [-0.15, -0.1) is 0 Å². The van der Waals surface area contributed by atoms with Crippen molar-refractivity contribution in [1.82, 2.24) is 10.2 Å². The number of carbonyl (C=O) groups excluding carboxylic acids is 1. The predicted octanol–water partition coefficient (Wildman–Crippen LogP) is 2.55. The summed E-state index contributed by atoms with van der Waals surface area (Å²) in [5, 5.41) is 14.0.